The molecule has 1 rings (SSSR count). The molecular formula is C16H22O4. The maximum Gasteiger partial charge on any atom is 0.338 e. The first kappa shape index (κ1) is 16.2. The Bertz CT molecular complexity index is 466. The molecule has 0 atom stereocenters. The SMILES string of the molecule is CCCCOC(=O)c1ccc(C(=O)O)cc1CCCC. The predicted octanol–water partition coefficient (Wildman–Crippen LogP) is 3.68. The summed E-state index contributed by atoms with van der Waals surface area (Å²) in [5.41, 5.74) is 1.45. The number of benzene rings is 1. The number of carboxylic acids is 1. The van der Waals surface area contributed by atoms with Gasteiger partial charge in [0.1, 0.15) is 0 Å². The topological polar surface area (TPSA) is 63.6 Å². The number of unbranched alkanes of at least 4 members (excludes halogenated alkanes) is 2. The molecule has 0 fully saturated rings. The Morgan fingerprint density at radius 1 is 1.15 bits per heavy atom. The molecule has 1 aromatic rings. The number of carbonyl (C=O) groups excluding carboxylic acids is 1. The lowest BCUT2D eigenvalue weighted by atomic mass is 9.99. The first-order chi connectivity index (χ1) is 9.60. The van der Waals surface area contributed by atoms with Gasteiger partial charge in [-0.15, -0.1) is 0 Å². The number of aryl methyl sites for hydroxylation is 1. The zero-order valence-corrected chi connectivity index (χ0v) is 12.1. The average Bonchev–Trinajstić information content (AvgIpc) is 2.44. The average molecular weight is 278 g/mol. The van der Waals surface area contributed by atoms with Gasteiger partial charge in [0.15, 0.2) is 0 Å². The molecule has 0 saturated heterocycles. The number of esters is 1. The van der Waals surface area contributed by atoms with Crippen LogP contribution in [0.1, 0.15) is 65.8 Å². The van der Waals surface area contributed by atoms with Gasteiger partial charge in [0.2, 0.25) is 0 Å². The molecule has 4 nitrogen and oxygen atoms in total. The summed E-state index contributed by atoms with van der Waals surface area (Å²) in [6.07, 6.45) is 4.40. The fourth-order valence-electron chi connectivity index (χ4n) is 1.89. The number of rotatable bonds is 8. The van der Waals surface area contributed by atoms with Crippen molar-refractivity contribution in [3.05, 3.63) is 34.9 Å². The number of aromatic carboxylic acids is 1. The van der Waals surface area contributed by atoms with E-state index >= 15 is 0 Å². The van der Waals surface area contributed by atoms with Crippen LogP contribution in [-0.2, 0) is 11.2 Å². The Balaban J connectivity index is 2.92. The van der Waals surface area contributed by atoms with Crippen molar-refractivity contribution in [3.63, 3.8) is 0 Å². The maximum atomic E-state index is 12.0. The Morgan fingerprint density at radius 2 is 1.85 bits per heavy atom. The second-order valence-electron chi connectivity index (χ2n) is 4.77. The molecule has 0 heterocycles. The molecule has 110 valence electrons. The van der Waals surface area contributed by atoms with E-state index in [1.54, 1.807) is 12.1 Å². The molecule has 0 bridgehead atoms. The lowest BCUT2D eigenvalue weighted by Gasteiger charge is -2.10. The van der Waals surface area contributed by atoms with Crippen LogP contribution in [0.4, 0.5) is 0 Å². The summed E-state index contributed by atoms with van der Waals surface area (Å²) in [5.74, 6) is -1.34. The van der Waals surface area contributed by atoms with E-state index in [-0.39, 0.29) is 11.5 Å². The first-order valence-electron chi connectivity index (χ1n) is 7.13. The highest BCUT2D eigenvalue weighted by Crippen LogP contribution is 2.17. The van der Waals surface area contributed by atoms with Crippen molar-refractivity contribution >= 4 is 11.9 Å². The van der Waals surface area contributed by atoms with Crippen molar-refractivity contribution in [1.82, 2.24) is 0 Å². The molecule has 20 heavy (non-hydrogen) atoms. The van der Waals surface area contributed by atoms with Crippen LogP contribution < -0.4 is 0 Å². The minimum atomic E-state index is -0.978. The van der Waals surface area contributed by atoms with E-state index < -0.39 is 5.97 Å². The number of ether oxygens (including phenoxy) is 1. The standard InChI is InChI=1S/C16H22O4/c1-3-5-7-12-11-13(15(17)18)8-9-14(12)16(19)20-10-6-4-2/h8-9,11H,3-7,10H2,1-2H3,(H,17,18). The summed E-state index contributed by atoms with van der Waals surface area (Å²) in [6.45, 7) is 4.49. The third-order valence-corrected chi connectivity index (χ3v) is 3.10. The number of hydrogen-bond donors (Lipinski definition) is 1. The van der Waals surface area contributed by atoms with E-state index in [1.165, 1.54) is 6.07 Å². The number of carbonyl (C=O) groups is 2. The molecule has 0 radical (unpaired) electrons. The summed E-state index contributed by atoms with van der Waals surface area (Å²) in [4.78, 5) is 23.0. The lowest BCUT2D eigenvalue weighted by Crippen LogP contribution is -2.11. The lowest BCUT2D eigenvalue weighted by molar-refractivity contribution is 0.0497. The van der Waals surface area contributed by atoms with Gasteiger partial charge in [0, 0.05) is 0 Å². The maximum absolute atomic E-state index is 12.0. The minimum absolute atomic E-state index is 0.209. The first-order valence-corrected chi connectivity index (χ1v) is 7.13. The molecule has 0 spiro atoms. The van der Waals surface area contributed by atoms with Crippen molar-refractivity contribution in [2.24, 2.45) is 0 Å². The van der Waals surface area contributed by atoms with Crippen molar-refractivity contribution in [3.8, 4) is 0 Å². The second kappa shape index (κ2) is 8.35. The molecule has 0 aliphatic carbocycles. The van der Waals surface area contributed by atoms with Crippen LogP contribution >= 0.6 is 0 Å². The Labute approximate surface area is 119 Å². The van der Waals surface area contributed by atoms with Gasteiger partial charge in [-0.25, -0.2) is 9.59 Å². The molecule has 0 amide bonds. The van der Waals surface area contributed by atoms with Crippen LogP contribution in [0.5, 0.6) is 0 Å². The third kappa shape index (κ3) is 4.68. The van der Waals surface area contributed by atoms with Crippen molar-refractivity contribution < 1.29 is 19.4 Å². The van der Waals surface area contributed by atoms with E-state index in [2.05, 4.69) is 6.92 Å². The fraction of sp³-hybridized carbons (Fsp3) is 0.500. The Morgan fingerprint density at radius 3 is 2.45 bits per heavy atom. The highest BCUT2D eigenvalue weighted by Gasteiger charge is 2.15. The second-order valence-corrected chi connectivity index (χ2v) is 4.77. The zero-order valence-electron chi connectivity index (χ0n) is 12.1. The van der Waals surface area contributed by atoms with Crippen LogP contribution in [0.2, 0.25) is 0 Å². The summed E-state index contributed by atoms with van der Waals surface area (Å²) >= 11 is 0. The van der Waals surface area contributed by atoms with Crippen LogP contribution in [-0.4, -0.2) is 23.7 Å². The van der Waals surface area contributed by atoms with Crippen molar-refractivity contribution in [2.75, 3.05) is 6.61 Å². The highest BCUT2D eigenvalue weighted by atomic mass is 16.5. The van der Waals surface area contributed by atoms with Crippen LogP contribution in [0.25, 0.3) is 0 Å². The molecule has 1 N–H and O–H groups in total. The Kier molecular flexibility index (Phi) is 6.77. The van der Waals surface area contributed by atoms with Gasteiger partial charge in [-0.05, 0) is 43.0 Å². The van der Waals surface area contributed by atoms with Crippen LogP contribution in [0, 0.1) is 0 Å². The normalized spacial score (nSPS) is 10.3. The molecular weight excluding hydrogens is 256 g/mol. The van der Waals surface area contributed by atoms with E-state index in [1.807, 2.05) is 6.92 Å². The molecule has 0 saturated carbocycles. The van der Waals surface area contributed by atoms with Gasteiger partial charge in [-0.1, -0.05) is 26.7 Å². The largest absolute Gasteiger partial charge is 0.478 e. The number of carboxylic acid groups (broad SMARTS) is 1. The monoisotopic (exact) mass is 278 g/mol. The quantitative estimate of drug-likeness (QED) is 0.582. The van der Waals surface area contributed by atoms with E-state index in [4.69, 9.17) is 9.84 Å². The van der Waals surface area contributed by atoms with Gasteiger partial charge in [-0.3, -0.25) is 0 Å². The van der Waals surface area contributed by atoms with Gasteiger partial charge in [-0.2, -0.15) is 0 Å². The molecule has 0 aliphatic heterocycles. The summed E-state index contributed by atoms with van der Waals surface area (Å²) < 4.78 is 5.20. The molecule has 0 aliphatic rings. The predicted molar refractivity (Wildman–Crippen MR) is 77.2 cm³/mol. The van der Waals surface area contributed by atoms with Crippen LogP contribution in [0.15, 0.2) is 18.2 Å². The summed E-state index contributed by atoms with van der Waals surface area (Å²) in [6, 6.07) is 4.59. The third-order valence-electron chi connectivity index (χ3n) is 3.10. The molecule has 0 unspecified atom stereocenters. The smallest absolute Gasteiger partial charge is 0.338 e. The van der Waals surface area contributed by atoms with E-state index in [0.717, 1.165) is 31.2 Å². The van der Waals surface area contributed by atoms with Crippen molar-refractivity contribution in [1.29, 1.82) is 0 Å². The van der Waals surface area contributed by atoms with Gasteiger partial charge in [0.05, 0.1) is 17.7 Å². The van der Waals surface area contributed by atoms with Crippen molar-refractivity contribution in [2.45, 2.75) is 46.0 Å². The summed E-state index contributed by atoms with van der Waals surface area (Å²) in [7, 11) is 0. The zero-order chi connectivity index (χ0) is 15.0. The van der Waals surface area contributed by atoms with E-state index in [0.29, 0.717) is 18.6 Å². The number of hydrogen-bond acceptors (Lipinski definition) is 3. The van der Waals surface area contributed by atoms with E-state index in [9.17, 15) is 9.59 Å². The Hall–Kier alpha value is -1.84. The molecule has 0 aromatic heterocycles. The van der Waals surface area contributed by atoms with Gasteiger partial charge < -0.3 is 9.84 Å². The van der Waals surface area contributed by atoms with Gasteiger partial charge >= 0.3 is 11.9 Å². The summed E-state index contributed by atoms with van der Waals surface area (Å²) in [5, 5.41) is 9.02. The fourth-order valence-corrected chi connectivity index (χ4v) is 1.89. The van der Waals surface area contributed by atoms with Gasteiger partial charge in [0.25, 0.3) is 0 Å². The van der Waals surface area contributed by atoms with Crippen LogP contribution in [0.3, 0.4) is 0 Å². The minimum Gasteiger partial charge on any atom is -0.478 e. The highest BCUT2D eigenvalue weighted by molar-refractivity contribution is 5.94. The molecule has 4 heteroatoms. The molecule has 1 aromatic carbocycles.